The minimum atomic E-state index is 0.149. The van der Waals surface area contributed by atoms with E-state index >= 15 is 0 Å². The number of hydrogen-bond donors (Lipinski definition) is 1. The Morgan fingerprint density at radius 3 is 3.32 bits per heavy atom. The van der Waals surface area contributed by atoms with Crippen LogP contribution in [0.2, 0.25) is 0 Å². The average Bonchev–Trinajstić information content (AvgIpc) is 3.16. The van der Waals surface area contributed by atoms with Crippen LogP contribution < -0.4 is 5.32 Å². The first-order chi connectivity index (χ1) is 10.7. The summed E-state index contributed by atoms with van der Waals surface area (Å²) in [6, 6.07) is 5.27. The van der Waals surface area contributed by atoms with Crippen LogP contribution in [0.4, 0.5) is 0 Å². The largest absolute Gasteiger partial charge is 0.374 e. The Hall–Kier alpha value is -0.620. The van der Waals surface area contributed by atoms with Crippen molar-refractivity contribution in [2.45, 2.75) is 43.9 Å². The van der Waals surface area contributed by atoms with Crippen LogP contribution in [-0.2, 0) is 4.74 Å². The van der Waals surface area contributed by atoms with E-state index in [9.17, 15) is 0 Å². The summed E-state index contributed by atoms with van der Waals surface area (Å²) in [5.41, 5.74) is 2.54. The fourth-order valence-electron chi connectivity index (χ4n) is 3.58. The van der Waals surface area contributed by atoms with Gasteiger partial charge in [0.25, 0.3) is 0 Å². The third-order valence-electron chi connectivity index (χ3n) is 4.87. The predicted octanol–water partition coefficient (Wildman–Crippen LogP) is 4.00. The summed E-state index contributed by atoms with van der Waals surface area (Å²) in [7, 11) is 0. The monoisotopic (exact) mass is 334 g/mol. The molecule has 0 amide bonds. The molecule has 0 aliphatic carbocycles. The number of nitrogens with zero attached hydrogens (tertiary/aromatic N) is 1. The Kier molecular flexibility index (Phi) is 4.15. The first-order valence-electron chi connectivity index (χ1n) is 8.05. The molecule has 2 aromatic rings. The SMILES string of the molecule is C[C@H](N[C@@H]1CCO[C@]2(CCSC2)C1)c1cnc2ccsc2c1. The molecule has 0 unspecified atom stereocenters. The number of hydrogen-bond acceptors (Lipinski definition) is 5. The number of pyridine rings is 1. The van der Waals surface area contributed by atoms with Crippen molar-refractivity contribution in [2.24, 2.45) is 0 Å². The van der Waals surface area contributed by atoms with E-state index in [0.29, 0.717) is 12.1 Å². The molecule has 1 N–H and O–H groups in total. The number of thiophene rings is 1. The highest BCUT2D eigenvalue weighted by Gasteiger charge is 2.40. The molecule has 0 radical (unpaired) electrons. The van der Waals surface area contributed by atoms with E-state index in [1.165, 1.54) is 28.2 Å². The summed E-state index contributed by atoms with van der Waals surface area (Å²) in [6.45, 7) is 3.15. The number of fused-ring (bicyclic) bond motifs is 1. The molecule has 3 nitrogen and oxygen atoms in total. The Labute approximate surface area is 139 Å². The Balaban J connectivity index is 1.45. The van der Waals surface area contributed by atoms with Crippen LogP contribution in [-0.4, -0.2) is 34.7 Å². The number of ether oxygens (including phenoxy) is 1. The first-order valence-corrected chi connectivity index (χ1v) is 10.1. The minimum absolute atomic E-state index is 0.149. The van der Waals surface area contributed by atoms with E-state index < -0.39 is 0 Å². The van der Waals surface area contributed by atoms with Crippen LogP contribution in [0.1, 0.15) is 37.8 Å². The van der Waals surface area contributed by atoms with Crippen molar-refractivity contribution in [3.8, 4) is 0 Å². The second-order valence-corrected chi connectivity index (χ2v) is 8.54. The molecule has 2 aliphatic heterocycles. The summed E-state index contributed by atoms with van der Waals surface area (Å²) >= 11 is 3.80. The van der Waals surface area contributed by atoms with Crippen molar-refractivity contribution in [1.29, 1.82) is 0 Å². The van der Waals surface area contributed by atoms with E-state index in [1.807, 2.05) is 18.0 Å². The second kappa shape index (κ2) is 6.11. The summed E-state index contributed by atoms with van der Waals surface area (Å²) in [6.07, 6.45) is 5.50. The molecular formula is C17H22N2OS2. The zero-order chi connectivity index (χ0) is 15.0. The summed E-state index contributed by atoms with van der Waals surface area (Å²) in [5, 5.41) is 5.93. The van der Waals surface area contributed by atoms with Crippen molar-refractivity contribution in [2.75, 3.05) is 18.1 Å². The molecule has 4 heterocycles. The van der Waals surface area contributed by atoms with Gasteiger partial charge in [-0.15, -0.1) is 11.3 Å². The van der Waals surface area contributed by atoms with Crippen LogP contribution in [0.3, 0.4) is 0 Å². The molecule has 0 aromatic carbocycles. The van der Waals surface area contributed by atoms with Gasteiger partial charge in [0.05, 0.1) is 15.8 Å². The van der Waals surface area contributed by atoms with Crippen molar-refractivity contribution in [1.82, 2.24) is 10.3 Å². The van der Waals surface area contributed by atoms with Gasteiger partial charge in [0, 0.05) is 30.6 Å². The lowest BCUT2D eigenvalue weighted by molar-refractivity contribution is -0.0711. The molecule has 1 spiro atoms. The maximum atomic E-state index is 6.12. The molecular weight excluding hydrogens is 312 g/mol. The molecule has 0 bridgehead atoms. The summed E-state index contributed by atoms with van der Waals surface area (Å²) in [5.74, 6) is 2.42. The molecule has 2 aliphatic rings. The molecule has 3 atom stereocenters. The highest BCUT2D eigenvalue weighted by molar-refractivity contribution is 7.99. The normalized spacial score (nSPS) is 30.1. The number of thioether (sulfide) groups is 1. The quantitative estimate of drug-likeness (QED) is 0.920. The fraction of sp³-hybridized carbons (Fsp3) is 0.588. The third kappa shape index (κ3) is 2.92. The van der Waals surface area contributed by atoms with Crippen LogP contribution in [0, 0.1) is 0 Å². The molecule has 5 heteroatoms. The van der Waals surface area contributed by atoms with Crippen LogP contribution in [0.15, 0.2) is 23.7 Å². The lowest BCUT2D eigenvalue weighted by Crippen LogP contribution is -2.47. The van der Waals surface area contributed by atoms with Crippen LogP contribution in [0.25, 0.3) is 10.2 Å². The first kappa shape index (κ1) is 14.9. The van der Waals surface area contributed by atoms with E-state index in [1.54, 1.807) is 11.3 Å². The standard InChI is InChI=1S/C17H22N2OS2/c1-12(13-8-16-15(18-10-13)3-6-22-16)19-14-2-5-20-17(9-14)4-7-21-11-17/h3,6,8,10,12,14,19H,2,4-5,7,9,11H2,1H3/t12-,14+,17+/m0/s1. The second-order valence-electron chi connectivity index (χ2n) is 6.48. The molecule has 2 saturated heterocycles. The average molecular weight is 335 g/mol. The van der Waals surface area contributed by atoms with Gasteiger partial charge in [-0.1, -0.05) is 0 Å². The van der Waals surface area contributed by atoms with Gasteiger partial charge in [0.1, 0.15) is 0 Å². The van der Waals surface area contributed by atoms with Gasteiger partial charge in [-0.3, -0.25) is 4.98 Å². The molecule has 4 rings (SSSR count). The molecule has 118 valence electrons. The van der Waals surface area contributed by atoms with Gasteiger partial charge in [-0.25, -0.2) is 0 Å². The van der Waals surface area contributed by atoms with Gasteiger partial charge in [0.15, 0.2) is 0 Å². The molecule has 2 aromatic heterocycles. The van der Waals surface area contributed by atoms with Gasteiger partial charge in [-0.05, 0) is 55.0 Å². The molecule has 22 heavy (non-hydrogen) atoms. The van der Waals surface area contributed by atoms with Gasteiger partial charge < -0.3 is 10.1 Å². The lowest BCUT2D eigenvalue weighted by atomic mass is 9.89. The van der Waals surface area contributed by atoms with Crippen LogP contribution in [0.5, 0.6) is 0 Å². The molecule has 0 saturated carbocycles. The Morgan fingerprint density at radius 2 is 2.45 bits per heavy atom. The summed E-state index contributed by atoms with van der Waals surface area (Å²) < 4.78 is 7.40. The van der Waals surface area contributed by atoms with E-state index in [0.717, 1.165) is 25.0 Å². The highest BCUT2D eigenvalue weighted by Crippen LogP contribution is 2.38. The number of aromatic nitrogens is 1. The maximum absolute atomic E-state index is 6.12. The highest BCUT2D eigenvalue weighted by atomic mass is 32.2. The Morgan fingerprint density at radius 1 is 1.50 bits per heavy atom. The number of nitrogens with one attached hydrogen (secondary N) is 1. The minimum Gasteiger partial charge on any atom is -0.374 e. The fourth-order valence-corrected chi connectivity index (χ4v) is 5.75. The molecule has 2 fully saturated rings. The van der Waals surface area contributed by atoms with Gasteiger partial charge >= 0.3 is 0 Å². The topological polar surface area (TPSA) is 34.1 Å². The van der Waals surface area contributed by atoms with E-state index in [-0.39, 0.29) is 5.60 Å². The van der Waals surface area contributed by atoms with Crippen molar-refractivity contribution in [3.05, 3.63) is 29.3 Å². The smallest absolute Gasteiger partial charge is 0.0809 e. The Bertz CT molecular complexity index is 651. The van der Waals surface area contributed by atoms with Crippen molar-refractivity contribution < 1.29 is 4.74 Å². The predicted molar refractivity (Wildman–Crippen MR) is 94.8 cm³/mol. The zero-order valence-corrected chi connectivity index (χ0v) is 14.5. The third-order valence-corrected chi connectivity index (χ3v) is 6.95. The van der Waals surface area contributed by atoms with E-state index in [4.69, 9.17) is 4.74 Å². The lowest BCUT2D eigenvalue weighted by Gasteiger charge is -2.39. The van der Waals surface area contributed by atoms with Crippen molar-refractivity contribution >= 4 is 33.3 Å². The van der Waals surface area contributed by atoms with Crippen molar-refractivity contribution in [3.63, 3.8) is 0 Å². The van der Waals surface area contributed by atoms with E-state index in [2.05, 4.69) is 34.7 Å². The number of rotatable bonds is 3. The van der Waals surface area contributed by atoms with Gasteiger partial charge in [0.2, 0.25) is 0 Å². The van der Waals surface area contributed by atoms with Crippen LogP contribution >= 0.6 is 23.1 Å². The zero-order valence-electron chi connectivity index (χ0n) is 12.9. The van der Waals surface area contributed by atoms with Gasteiger partial charge in [-0.2, -0.15) is 11.8 Å². The summed E-state index contributed by atoms with van der Waals surface area (Å²) in [4.78, 5) is 4.57. The maximum Gasteiger partial charge on any atom is 0.0809 e.